The third-order valence-corrected chi connectivity index (χ3v) is 8.43. The Morgan fingerprint density at radius 2 is 1.96 bits per heavy atom. The summed E-state index contributed by atoms with van der Waals surface area (Å²) >= 11 is 0. The fraction of sp³-hybridized carbons (Fsp3) is 0.810. The first-order chi connectivity index (χ1) is 10.9. The van der Waals surface area contributed by atoms with Gasteiger partial charge in [0.15, 0.2) is 5.78 Å². The van der Waals surface area contributed by atoms with Crippen molar-refractivity contribution in [1.82, 2.24) is 0 Å². The van der Waals surface area contributed by atoms with Crippen molar-refractivity contribution in [2.75, 3.05) is 0 Å². The fourth-order valence-electron chi connectivity index (χ4n) is 7.20. The van der Waals surface area contributed by atoms with Crippen LogP contribution in [0.5, 0.6) is 0 Å². The maximum absolute atomic E-state index is 12.0. The van der Waals surface area contributed by atoms with Crippen molar-refractivity contribution in [3.05, 3.63) is 11.6 Å². The zero-order valence-corrected chi connectivity index (χ0v) is 14.8. The Kier molecular flexibility index (Phi) is 3.32. The molecule has 0 amide bonds. The third-order valence-electron chi connectivity index (χ3n) is 8.43. The molecule has 4 aliphatic carbocycles. The van der Waals surface area contributed by atoms with Crippen LogP contribution in [0.25, 0.3) is 0 Å². The van der Waals surface area contributed by atoms with Crippen LogP contribution in [-0.4, -0.2) is 5.78 Å². The molecule has 0 saturated heterocycles. The topological polar surface area (TPSA) is 40.9 Å². The van der Waals surface area contributed by atoms with Gasteiger partial charge in [-0.15, -0.1) is 0 Å². The molecule has 0 aromatic heterocycles. The molecule has 0 spiro atoms. The largest absolute Gasteiger partial charge is 0.295 e. The molecule has 4 aliphatic rings. The number of carbonyl (C=O) groups is 1. The molecular formula is C21H29NO. The summed E-state index contributed by atoms with van der Waals surface area (Å²) in [6, 6.07) is 2.63. The summed E-state index contributed by atoms with van der Waals surface area (Å²) in [7, 11) is 0. The molecule has 124 valence electrons. The van der Waals surface area contributed by atoms with Gasteiger partial charge in [-0.1, -0.05) is 26.3 Å². The van der Waals surface area contributed by atoms with Gasteiger partial charge in [0.05, 0.1) is 12.0 Å². The van der Waals surface area contributed by atoms with Crippen molar-refractivity contribution in [2.45, 2.75) is 65.7 Å². The van der Waals surface area contributed by atoms with Crippen LogP contribution in [0.15, 0.2) is 11.6 Å². The van der Waals surface area contributed by atoms with Gasteiger partial charge >= 0.3 is 0 Å². The van der Waals surface area contributed by atoms with Crippen LogP contribution in [0.4, 0.5) is 0 Å². The van der Waals surface area contributed by atoms with E-state index in [0.29, 0.717) is 11.7 Å². The minimum absolute atomic E-state index is 0.238. The minimum Gasteiger partial charge on any atom is -0.295 e. The molecule has 3 fully saturated rings. The van der Waals surface area contributed by atoms with Crippen LogP contribution in [0, 0.1) is 51.8 Å². The number of fused-ring (bicyclic) bond motifs is 5. The van der Waals surface area contributed by atoms with Crippen molar-refractivity contribution in [2.24, 2.45) is 40.4 Å². The van der Waals surface area contributed by atoms with Crippen LogP contribution in [0.1, 0.15) is 65.7 Å². The van der Waals surface area contributed by atoms with E-state index in [-0.39, 0.29) is 16.7 Å². The van der Waals surface area contributed by atoms with Gasteiger partial charge in [0.2, 0.25) is 0 Å². The van der Waals surface area contributed by atoms with E-state index in [4.69, 9.17) is 0 Å². The molecule has 23 heavy (non-hydrogen) atoms. The molecule has 0 aromatic carbocycles. The number of carbonyl (C=O) groups excluding carboxylic acids is 1. The molecule has 0 aromatic rings. The maximum Gasteiger partial charge on any atom is 0.155 e. The molecule has 2 heteroatoms. The van der Waals surface area contributed by atoms with Crippen molar-refractivity contribution in [3.63, 3.8) is 0 Å². The molecule has 0 N–H and O–H groups in total. The van der Waals surface area contributed by atoms with E-state index in [9.17, 15) is 10.1 Å². The Balaban J connectivity index is 1.72. The highest BCUT2D eigenvalue weighted by Gasteiger charge is 2.60. The zero-order valence-electron chi connectivity index (χ0n) is 14.8. The highest BCUT2D eigenvalue weighted by atomic mass is 16.1. The summed E-state index contributed by atoms with van der Waals surface area (Å²) in [5, 5.41) is 9.59. The summed E-state index contributed by atoms with van der Waals surface area (Å²) < 4.78 is 0. The number of nitriles is 1. The van der Waals surface area contributed by atoms with Gasteiger partial charge in [0, 0.05) is 6.42 Å². The normalized spacial score (nSPS) is 52.0. The van der Waals surface area contributed by atoms with E-state index in [1.54, 1.807) is 0 Å². The summed E-state index contributed by atoms with van der Waals surface area (Å²) in [5.41, 5.74) is 1.94. The van der Waals surface area contributed by atoms with Crippen LogP contribution in [-0.2, 0) is 4.79 Å². The van der Waals surface area contributed by atoms with Crippen LogP contribution < -0.4 is 0 Å². The van der Waals surface area contributed by atoms with E-state index < -0.39 is 0 Å². The molecular weight excluding hydrogens is 282 g/mol. The average Bonchev–Trinajstić information content (AvgIpc) is 2.86. The standard InChI is InChI=1S/C21H29NO/c1-13-10-16-17-5-4-14(12-22)20(17,2)9-7-18(16)21(3)8-6-15(23)11-19(13)21/h11,13-14,16-18H,4-10H2,1-3H3/t13-,14?,16-,17-,18-,20+,21+/m0/s1. The Morgan fingerprint density at radius 3 is 2.70 bits per heavy atom. The number of ketones is 1. The Morgan fingerprint density at radius 1 is 1.17 bits per heavy atom. The van der Waals surface area contributed by atoms with Gasteiger partial charge in [-0.2, -0.15) is 5.26 Å². The first-order valence-corrected chi connectivity index (χ1v) is 9.54. The van der Waals surface area contributed by atoms with E-state index >= 15 is 0 Å². The SMILES string of the molecule is C[C@H]1C[C@@H]2[C@H](CC[C@]3(C)C(C#N)CC[C@@H]23)[C@@]2(C)CCC(=O)C=C12. The molecule has 1 unspecified atom stereocenters. The highest BCUT2D eigenvalue weighted by molar-refractivity contribution is 5.91. The average molecular weight is 311 g/mol. The number of hydrogen-bond acceptors (Lipinski definition) is 2. The molecule has 0 bridgehead atoms. The van der Waals surface area contributed by atoms with Gasteiger partial charge < -0.3 is 0 Å². The summed E-state index contributed by atoms with van der Waals surface area (Å²) in [6.45, 7) is 7.18. The van der Waals surface area contributed by atoms with Gasteiger partial charge in [-0.3, -0.25) is 4.79 Å². The van der Waals surface area contributed by atoms with Crippen LogP contribution >= 0.6 is 0 Å². The molecule has 0 radical (unpaired) electrons. The minimum atomic E-state index is 0.238. The monoisotopic (exact) mass is 311 g/mol. The Bertz CT molecular complexity index is 614. The van der Waals surface area contributed by atoms with Gasteiger partial charge in [0.1, 0.15) is 0 Å². The van der Waals surface area contributed by atoms with E-state index in [0.717, 1.165) is 37.0 Å². The van der Waals surface area contributed by atoms with Crippen molar-refractivity contribution >= 4 is 5.78 Å². The number of nitrogens with zero attached hydrogens (tertiary/aromatic N) is 1. The van der Waals surface area contributed by atoms with Crippen molar-refractivity contribution < 1.29 is 4.79 Å². The van der Waals surface area contributed by atoms with Crippen molar-refractivity contribution in [1.29, 1.82) is 5.26 Å². The first kappa shape index (κ1) is 15.4. The predicted octanol–water partition coefficient (Wildman–Crippen LogP) is 4.90. The molecule has 3 saturated carbocycles. The van der Waals surface area contributed by atoms with Gasteiger partial charge in [0.25, 0.3) is 0 Å². The summed E-state index contributed by atoms with van der Waals surface area (Å²) in [4.78, 5) is 12.0. The zero-order chi connectivity index (χ0) is 16.4. The highest BCUT2D eigenvalue weighted by Crippen LogP contribution is 2.67. The lowest BCUT2D eigenvalue weighted by Gasteiger charge is -2.59. The van der Waals surface area contributed by atoms with E-state index in [2.05, 4.69) is 26.8 Å². The van der Waals surface area contributed by atoms with Crippen LogP contribution in [0.3, 0.4) is 0 Å². The molecule has 2 nitrogen and oxygen atoms in total. The third kappa shape index (κ3) is 1.95. The van der Waals surface area contributed by atoms with Crippen molar-refractivity contribution in [3.8, 4) is 6.07 Å². The van der Waals surface area contributed by atoms with Gasteiger partial charge in [-0.05, 0) is 79.1 Å². The predicted molar refractivity (Wildman–Crippen MR) is 90.4 cm³/mol. The number of rotatable bonds is 0. The van der Waals surface area contributed by atoms with Gasteiger partial charge in [-0.25, -0.2) is 0 Å². The molecule has 0 heterocycles. The second kappa shape index (κ2) is 4.95. The summed E-state index contributed by atoms with van der Waals surface area (Å²) in [5.74, 6) is 3.36. The van der Waals surface area contributed by atoms with E-state index in [1.807, 2.05) is 6.08 Å². The van der Waals surface area contributed by atoms with E-state index in [1.165, 1.54) is 31.3 Å². The summed E-state index contributed by atoms with van der Waals surface area (Å²) in [6.07, 6.45) is 9.84. The Hall–Kier alpha value is -1.10. The molecule has 4 rings (SSSR count). The lowest BCUT2D eigenvalue weighted by atomic mass is 9.45. The molecule has 7 atom stereocenters. The lowest BCUT2D eigenvalue weighted by Crippen LogP contribution is -2.52. The smallest absolute Gasteiger partial charge is 0.155 e. The number of hydrogen-bond donors (Lipinski definition) is 0. The second-order valence-corrected chi connectivity index (χ2v) is 9.30. The first-order valence-electron chi connectivity index (χ1n) is 9.54. The number of allylic oxidation sites excluding steroid dienone is 1. The Labute approximate surface area is 140 Å². The molecule has 0 aliphatic heterocycles. The quantitative estimate of drug-likeness (QED) is 0.638. The maximum atomic E-state index is 12.0. The second-order valence-electron chi connectivity index (χ2n) is 9.30. The fourth-order valence-corrected chi connectivity index (χ4v) is 7.20. The van der Waals surface area contributed by atoms with Crippen LogP contribution in [0.2, 0.25) is 0 Å². The lowest BCUT2D eigenvalue weighted by molar-refractivity contribution is -0.118.